The predicted octanol–water partition coefficient (Wildman–Crippen LogP) is 1.38. The lowest BCUT2D eigenvalue weighted by molar-refractivity contribution is 0.0901. The average Bonchev–Trinajstić information content (AvgIpc) is 2.48. The van der Waals surface area contributed by atoms with Crippen LogP contribution in [0.4, 0.5) is 5.82 Å². The van der Waals surface area contributed by atoms with Gasteiger partial charge in [-0.15, -0.1) is 0 Å². The molecule has 118 valence electrons. The van der Waals surface area contributed by atoms with E-state index in [1.54, 1.807) is 6.92 Å². The summed E-state index contributed by atoms with van der Waals surface area (Å²) in [6.07, 6.45) is 4.39. The van der Waals surface area contributed by atoms with E-state index >= 15 is 0 Å². The summed E-state index contributed by atoms with van der Waals surface area (Å²) in [6.45, 7) is 4.63. The topological polar surface area (TPSA) is 81.2 Å². The maximum absolute atomic E-state index is 11.5. The van der Waals surface area contributed by atoms with E-state index in [1.807, 2.05) is 0 Å². The van der Waals surface area contributed by atoms with Gasteiger partial charge in [-0.1, -0.05) is 18.0 Å². The van der Waals surface area contributed by atoms with Gasteiger partial charge in [0.05, 0.1) is 6.61 Å². The summed E-state index contributed by atoms with van der Waals surface area (Å²) in [5, 5.41) is 12.6. The highest BCUT2D eigenvalue weighted by atomic mass is 35.5. The minimum Gasteiger partial charge on any atom is -0.395 e. The molecule has 7 heteroatoms. The number of aliphatic hydroxyl groups excluding tert-OH is 1. The van der Waals surface area contributed by atoms with Crippen molar-refractivity contribution < 1.29 is 5.11 Å². The molecule has 1 unspecified atom stereocenters. The number of nitrogens with zero attached hydrogens (tertiary/aromatic N) is 2. The molecule has 1 aliphatic rings. The van der Waals surface area contributed by atoms with Crippen molar-refractivity contribution in [3.05, 3.63) is 21.2 Å². The highest BCUT2D eigenvalue weighted by Crippen LogP contribution is 2.17. The van der Waals surface area contributed by atoms with Gasteiger partial charge in [0.2, 0.25) is 0 Å². The number of piperidine rings is 1. The van der Waals surface area contributed by atoms with Crippen molar-refractivity contribution in [2.24, 2.45) is 0 Å². The van der Waals surface area contributed by atoms with Gasteiger partial charge in [-0.05, 0) is 32.7 Å². The molecular formula is C14H23ClN4O2. The molecule has 0 spiro atoms. The second-order valence-electron chi connectivity index (χ2n) is 5.46. The number of likely N-dealkylation sites (tertiary alicyclic amines) is 1. The lowest BCUT2D eigenvalue weighted by atomic mass is 10.0. The molecule has 1 aliphatic heterocycles. The monoisotopic (exact) mass is 314 g/mol. The largest absolute Gasteiger partial charge is 0.395 e. The molecule has 6 nitrogen and oxygen atoms in total. The van der Waals surface area contributed by atoms with E-state index in [2.05, 4.69) is 20.2 Å². The molecular weight excluding hydrogens is 292 g/mol. The van der Waals surface area contributed by atoms with Gasteiger partial charge in [-0.25, -0.2) is 4.98 Å². The van der Waals surface area contributed by atoms with Crippen molar-refractivity contribution in [2.75, 3.05) is 31.6 Å². The van der Waals surface area contributed by atoms with Gasteiger partial charge >= 0.3 is 0 Å². The molecule has 1 fully saturated rings. The number of anilines is 1. The Labute approximate surface area is 129 Å². The number of halogens is 1. The van der Waals surface area contributed by atoms with Crippen LogP contribution in [0.1, 0.15) is 31.5 Å². The molecule has 1 aromatic heterocycles. The van der Waals surface area contributed by atoms with E-state index in [9.17, 15) is 9.90 Å². The van der Waals surface area contributed by atoms with Crippen LogP contribution in [0.15, 0.2) is 4.79 Å². The number of rotatable bonds is 6. The third-order valence-electron chi connectivity index (χ3n) is 3.86. The van der Waals surface area contributed by atoms with Crippen LogP contribution < -0.4 is 10.9 Å². The number of aryl methyl sites for hydroxylation is 1. The van der Waals surface area contributed by atoms with Gasteiger partial charge < -0.3 is 15.4 Å². The Hall–Kier alpha value is -1.11. The fourth-order valence-corrected chi connectivity index (χ4v) is 2.89. The first-order chi connectivity index (χ1) is 10.1. The Bertz CT molecular complexity index is 520. The van der Waals surface area contributed by atoms with E-state index in [1.165, 1.54) is 12.8 Å². The average molecular weight is 315 g/mol. The Morgan fingerprint density at radius 1 is 1.52 bits per heavy atom. The van der Waals surface area contributed by atoms with Crippen LogP contribution in [0, 0.1) is 6.92 Å². The SMILES string of the molecule is Cc1nc(NCCCN2CCCCC2CO)c(Cl)c(=O)[nH]1. The number of H-pyrrole nitrogens is 1. The van der Waals surface area contributed by atoms with E-state index in [-0.39, 0.29) is 17.2 Å². The van der Waals surface area contributed by atoms with Gasteiger partial charge in [0.15, 0.2) is 5.82 Å². The van der Waals surface area contributed by atoms with Crippen molar-refractivity contribution >= 4 is 17.4 Å². The summed E-state index contributed by atoms with van der Waals surface area (Å²) in [4.78, 5) is 20.6. The molecule has 0 amide bonds. The Morgan fingerprint density at radius 2 is 2.33 bits per heavy atom. The summed E-state index contributed by atoms with van der Waals surface area (Å²) in [7, 11) is 0. The van der Waals surface area contributed by atoms with Gasteiger partial charge in [-0.2, -0.15) is 0 Å². The minimum atomic E-state index is -0.317. The first-order valence-electron chi connectivity index (χ1n) is 7.47. The van der Waals surface area contributed by atoms with E-state index in [4.69, 9.17) is 11.6 Å². The van der Waals surface area contributed by atoms with Crippen molar-refractivity contribution in [1.82, 2.24) is 14.9 Å². The second kappa shape index (κ2) is 7.77. The van der Waals surface area contributed by atoms with Crippen molar-refractivity contribution in [3.8, 4) is 0 Å². The Kier molecular flexibility index (Phi) is 6.02. The summed E-state index contributed by atoms with van der Waals surface area (Å²) in [5.41, 5.74) is -0.317. The molecule has 0 bridgehead atoms. The zero-order chi connectivity index (χ0) is 15.2. The zero-order valence-electron chi connectivity index (χ0n) is 12.4. The molecule has 2 heterocycles. The molecule has 2 rings (SSSR count). The van der Waals surface area contributed by atoms with Crippen molar-refractivity contribution in [3.63, 3.8) is 0 Å². The first kappa shape index (κ1) is 16.3. The quantitative estimate of drug-likeness (QED) is 0.691. The lowest BCUT2D eigenvalue weighted by Crippen LogP contribution is -2.42. The number of nitrogens with one attached hydrogen (secondary N) is 2. The summed E-state index contributed by atoms with van der Waals surface area (Å²) in [5.74, 6) is 0.985. The third kappa shape index (κ3) is 4.43. The van der Waals surface area contributed by atoms with Crippen LogP contribution in [0.2, 0.25) is 5.02 Å². The van der Waals surface area contributed by atoms with Crippen LogP contribution in [-0.4, -0.2) is 52.3 Å². The molecule has 0 saturated carbocycles. The smallest absolute Gasteiger partial charge is 0.271 e. The van der Waals surface area contributed by atoms with Crippen LogP contribution in [0.5, 0.6) is 0 Å². The molecule has 0 radical (unpaired) electrons. The minimum absolute atomic E-state index is 0.104. The molecule has 1 aromatic rings. The molecule has 21 heavy (non-hydrogen) atoms. The Morgan fingerprint density at radius 3 is 3.10 bits per heavy atom. The maximum Gasteiger partial charge on any atom is 0.271 e. The van der Waals surface area contributed by atoms with Crippen LogP contribution in [-0.2, 0) is 0 Å². The Balaban J connectivity index is 1.81. The number of aromatic nitrogens is 2. The van der Waals surface area contributed by atoms with Gasteiger partial charge in [-0.3, -0.25) is 9.69 Å². The zero-order valence-corrected chi connectivity index (χ0v) is 13.1. The number of hydrogen-bond donors (Lipinski definition) is 3. The van der Waals surface area contributed by atoms with Crippen LogP contribution in [0.3, 0.4) is 0 Å². The normalized spacial score (nSPS) is 19.7. The van der Waals surface area contributed by atoms with Crippen molar-refractivity contribution in [1.29, 1.82) is 0 Å². The van der Waals surface area contributed by atoms with Crippen LogP contribution in [0.25, 0.3) is 0 Å². The highest BCUT2D eigenvalue weighted by Gasteiger charge is 2.20. The fourth-order valence-electron chi connectivity index (χ4n) is 2.74. The standard InChI is InChI=1S/C14H23ClN4O2/c1-10-17-13(12(15)14(21)18-10)16-6-4-8-19-7-3-2-5-11(19)9-20/h11,20H,2-9H2,1H3,(H2,16,17,18,21). The van der Waals surface area contributed by atoms with Gasteiger partial charge in [0.1, 0.15) is 10.8 Å². The molecule has 0 aromatic carbocycles. The molecule has 0 aliphatic carbocycles. The van der Waals surface area contributed by atoms with Gasteiger partial charge in [0.25, 0.3) is 5.56 Å². The lowest BCUT2D eigenvalue weighted by Gasteiger charge is -2.34. The number of aliphatic hydroxyl groups is 1. The summed E-state index contributed by atoms with van der Waals surface area (Å²) in [6, 6.07) is 0.294. The number of hydrogen-bond acceptors (Lipinski definition) is 5. The molecule has 1 saturated heterocycles. The molecule has 1 atom stereocenters. The number of aromatic amines is 1. The fraction of sp³-hybridized carbons (Fsp3) is 0.714. The summed E-state index contributed by atoms with van der Waals surface area (Å²) < 4.78 is 0. The third-order valence-corrected chi connectivity index (χ3v) is 4.21. The van der Waals surface area contributed by atoms with E-state index in [0.717, 1.165) is 25.9 Å². The summed E-state index contributed by atoms with van der Waals surface area (Å²) >= 11 is 5.93. The predicted molar refractivity (Wildman–Crippen MR) is 84.0 cm³/mol. The van der Waals surface area contributed by atoms with Crippen LogP contribution >= 0.6 is 11.6 Å². The molecule has 3 N–H and O–H groups in total. The second-order valence-corrected chi connectivity index (χ2v) is 5.84. The van der Waals surface area contributed by atoms with E-state index in [0.29, 0.717) is 24.2 Å². The first-order valence-corrected chi connectivity index (χ1v) is 7.85. The maximum atomic E-state index is 11.5. The highest BCUT2D eigenvalue weighted by molar-refractivity contribution is 6.32. The van der Waals surface area contributed by atoms with E-state index < -0.39 is 0 Å². The van der Waals surface area contributed by atoms with Crippen molar-refractivity contribution in [2.45, 2.75) is 38.6 Å². The van der Waals surface area contributed by atoms with Gasteiger partial charge in [0, 0.05) is 19.1 Å².